The number of pyridine rings is 2. The van der Waals surface area contributed by atoms with E-state index in [4.69, 9.17) is 9.72 Å². The lowest BCUT2D eigenvalue weighted by Gasteiger charge is -2.27. The number of hydrogen-bond acceptors (Lipinski definition) is 6. The summed E-state index contributed by atoms with van der Waals surface area (Å²) in [6.45, 7) is 1.25. The molecular formula is C25H25FN6O2. The first kappa shape index (κ1) is 21.8. The lowest BCUT2D eigenvalue weighted by atomic mass is 10.1. The molecule has 1 unspecified atom stereocenters. The smallest absolute Gasteiger partial charge is 0.328 e. The molecule has 1 atom stereocenters. The Bertz CT molecular complexity index is 1310. The molecule has 4 heterocycles. The van der Waals surface area contributed by atoms with Crippen molar-refractivity contribution in [2.45, 2.75) is 25.3 Å². The van der Waals surface area contributed by atoms with Crippen LogP contribution in [-0.4, -0.2) is 45.7 Å². The maximum absolute atomic E-state index is 14.0. The highest BCUT2D eigenvalue weighted by Gasteiger charge is 2.31. The minimum Gasteiger partial charge on any atom is -0.481 e. The number of methoxy groups -OCH3 is 1. The van der Waals surface area contributed by atoms with Crippen LogP contribution in [0.3, 0.4) is 0 Å². The van der Waals surface area contributed by atoms with Crippen molar-refractivity contribution in [2.24, 2.45) is 0 Å². The van der Waals surface area contributed by atoms with Gasteiger partial charge in [-0.3, -0.25) is 0 Å². The first-order valence-electron chi connectivity index (χ1n) is 11.3. The number of halogens is 1. The van der Waals surface area contributed by atoms with Gasteiger partial charge in [-0.2, -0.15) is 0 Å². The second kappa shape index (κ2) is 9.46. The zero-order valence-corrected chi connectivity index (χ0v) is 18.8. The van der Waals surface area contributed by atoms with Crippen molar-refractivity contribution in [3.8, 4) is 5.88 Å². The number of anilines is 1. The summed E-state index contributed by atoms with van der Waals surface area (Å²) in [5.74, 6) is 0.693. The van der Waals surface area contributed by atoms with Crippen LogP contribution in [0.25, 0.3) is 11.2 Å². The molecule has 0 spiro atoms. The van der Waals surface area contributed by atoms with Gasteiger partial charge in [0, 0.05) is 18.7 Å². The van der Waals surface area contributed by atoms with Crippen LogP contribution in [0.1, 0.15) is 30.0 Å². The van der Waals surface area contributed by atoms with Gasteiger partial charge in [0.1, 0.15) is 23.5 Å². The molecule has 1 amide bonds. The standard InChI is InChI=1S/C25H25FN6O2/c1-34-24-19(14-18(26)15-28-24)21-8-5-13-31(21)22-10-9-20-23(30-22)32(16-29-20)25(33)27-12-11-17-6-3-2-4-7-17/h2-4,6-7,9-10,14-16,21H,5,8,11-13H2,1H3,(H,27,33). The number of imidazole rings is 1. The Hall–Kier alpha value is -4.01. The molecule has 34 heavy (non-hydrogen) atoms. The van der Waals surface area contributed by atoms with Crippen molar-refractivity contribution in [3.05, 3.63) is 78.0 Å². The van der Waals surface area contributed by atoms with Crippen LogP contribution >= 0.6 is 0 Å². The molecule has 1 aliphatic heterocycles. The summed E-state index contributed by atoms with van der Waals surface area (Å²) < 4.78 is 20.8. The number of carbonyl (C=O) groups excluding carboxylic acids is 1. The van der Waals surface area contributed by atoms with E-state index in [1.54, 1.807) is 0 Å². The molecule has 0 saturated carbocycles. The van der Waals surface area contributed by atoms with Gasteiger partial charge in [-0.05, 0) is 43.0 Å². The summed E-state index contributed by atoms with van der Waals surface area (Å²) >= 11 is 0. The number of fused-ring (bicyclic) bond motifs is 1. The lowest BCUT2D eigenvalue weighted by molar-refractivity contribution is 0.243. The van der Waals surface area contributed by atoms with E-state index < -0.39 is 5.82 Å². The van der Waals surface area contributed by atoms with E-state index in [0.717, 1.165) is 37.6 Å². The monoisotopic (exact) mass is 460 g/mol. The quantitative estimate of drug-likeness (QED) is 0.466. The van der Waals surface area contributed by atoms with E-state index in [1.807, 2.05) is 42.5 Å². The molecule has 1 aromatic carbocycles. The van der Waals surface area contributed by atoms with Crippen LogP contribution in [0.5, 0.6) is 5.88 Å². The van der Waals surface area contributed by atoms with Crippen LogP contribution in [0.15, 0.2) is 61.1 Å². The average molecular weight is 461 g/mol. The largest absolute Gasteiger partial charge is 0.481 e. The number of rotatable bonds is 6. The van der Waals surface area contributed by atoms with Gasteiger partial charge in [0.15, 0.2) is 5.65 Å². The number of aromatic nitrogens is 4. The maximum atomic E-state index is 14.0. The Labute approximate surface area is 196 Å². The third kappa shape index (κ3) is 4.28. The van der Waals surface area contributed by atoms with Gasteiger partial charge >= 0.3 is 6.03 Å². The van der Waals surface area contributed by atoms with Gasteiger partial charge in [0.25, 0.3) is 0 Å². The highest BCUT2D eigenvalue weighted by Crippen LogP contribution is 2.39. The molecule has 8 nitrogen and oxygen atoms in total. The molecule has 5 rings (SSSR count). The minimum absolute atomic E-state index is 0.126. The molecule has 1 N–H and O–H groups in total. The van der Waals surface area contributed by atoms with Crippen LogP contribution < -0.4 is 15.0 Å². The fraction of sp³-hybridized carbons (Fsp3) is 0.280. The summed E-state index contributed by atoms with van der Waals surface area (Å²) in [5.41, 5.74) is 2.95. The van der Waals surface area contributed by atoms with Crippen LogP contribution in [0, 0.1) is 5.82 Å². The van der Waals surface area contributed by atoms with Gasteiger partial charge < -0.3 is 15.0 Å². The van der Waals surface area contributed by atoms with Crippen molar-refractivity contribution < 1.29 is 13.9 Å². The van der Waals surface area contributed by atoms with Crippen LogP contribution in [0.2, 0.25) is 0 Å². The molecule has 9 heteroatoms. The molecule has 1 saturated heterocycles. The van der Waals surface area contributed by atoms with Gasteiger partial charge in [-0.25, -0.2) is 28.7 Å². The molecule has 4 aromatic rings. The molecular weight excluding hydrogens is 435 g/mol. The SMILES string of the molecule is COc1ncc(F)cc1C1CCCN1c1ccc2ncn(C(=O)NCCc3ccccc3)c2n1. The Morgan fingerprint density at radius 3 is 2.88 bits per heavy atom. The zero-order valence-electron chi connectivity index (χ0n) is 18.8. The number of nitrogens with zero attached hydrogens (tertiary/aromatic N) is 5. The summed E-state index contributed by atoms with van der Waals surface area (Å²) in [4.78, 5) is 28.1. The van der Waals surface area contributed by atoms with Crippen molar-refractivity contribution in [1.29, 1.82) is 0 Å². The molecule has 1 fully saturated rings. The zero-order chi connectivity index (χ0) is 23.5. The van der Waals surface area contributed by atoms with Crippen LogP contribution in [-0.2, 0) is 6.42 Å². The molecule has 174 valence electrons. The van der Waals surface area contributed by atoms with E-state index >= 15 is 0 Å². The third-order valence-electron chi connectivity index (χ3n) is 6.08. The topological polar surface area (TPSA) is 85.2 Å². The average Bonchev–Trinajstić information content (AvgIpc) is 3.51. The number of amides is 1. The molecule has 1 aliphatic rings. The summed E-state index contributed by atoms with van der Waals surface area (Å²) in [5, 5.41) is 2.93. The number of benzene rings is 1. The summed E-state index contributed by atoms with van der Waals surface area (Å²) in [7, 11) is 1.53. The van der Waals surface area contributed by atoms with Gasteiger partial charge in [-0.15, -0.1) is 0 Å². The van der Waals surface area contributed by atoms with Crippen LogP contribution in [0.4, 0.5) is 15.0 Å². The maximum Gasteiger partial charge on any atom is 0.328 e. The predicted octanol–water partition coefficient (Wildman–Crippen LogP) is 4.12. The number of nitrogens with one attached hydrogen (secondary N) is 1. The minimum atomic E-state index is -0.406. The normalized spacial score (nSPS) is 15.6. The highest BCUT2D eigenvalue weighted by molar-refractivity contribution is 5.87. The predicted molar refractivity (Wildman–Crippen MR) is 127 cm³/mol. The number of carbonyl (C=O) groups is 1. The number of ether oxygens (including phenoxy) is 1. The molecule has 0 bridgehead atoms. The molecule has 0 radical (unpaired) electrons. The van der Waals surface area contributed by atoms with Gasteiger partial charge in [-0.1, -0.05) is 30.3 Å². The lowest BCUT2D eigenvalue weighted by Crippen LogP contribution is -2.30. The third-order valence-corrected chi connectivity index (χ3v) is 6.08. The Balaban J connectivity index is 1.38. The molecule has 3 aromatic heterocycles. The second-order valence-corrected chi connectivity index (χ2v) is 8.20. The Morgan fingerprint density at radius 2 is 2.06 bits per heavy atom. The Kier molecular flexibility index (Phi) is 6.07. The fourth-order valence-corrected chi connectivity index (χ4v) is 4.45. The van der Waals surface area contributed by atoms with E-state index in [1.165, 1.54) is 24.1 Å². The van der Waals surface area contributed by atoms with E-state index in [2.05, 4.69) is 20.2 Å². The van der Waals surface area contributed by atoms with Crippen molar-refractivity contribution in [2.75, 3.05) is 25.1 Å². The fourth-order valence-electron chi connectivity index (χ4n) is 4.45. The van der Waals surface area contributed by atoms with Gasteiger partial charge in [0.2, 0.25) is 5.88 Å². The van der Waals surface area contributed by atoms with E-state index in [0.29, 0.717) is 35.0 Å². The highest BCUT2D eigenvalue weighted by atomic mass is 19.1. The summed E-state index contributed by atoms with van der Waals surface area (Å²) in [6, 6.07) is 14.8. The van der Waals surface area contributed by atoms with Gasteiger partial charge in [0.05, 0.1) is 19.3 Å². The van der Waals surface area contributed by atoms with Crippen molar-refractivity contribution in [1.82, 2.24) is 24.8 Å². The summed E-state index contributed by atoms with van der Waals surface area (Å²) in [6.07, 6.45) is 5.11. The molecule has 0 aliphatic carbocycles. The Morgan fingerprint density at radius 1 is 1.21 bits per heavy atom. The van der Waals surface area contributed by atoms with E-state index in [-0.39, 0.29) is 12.1 Å². The number of hydrogen-bond donors (Lipinski definition) is 1. The first-order chi connectivity index (χ1) is 16.6. The van der Waals surface area contributed by atoms with E-state index in [9.17, 15) is 9.18 Å². The van der Waals surface area contributed by atoms with Crippen molar-refractivity contribution in [3.63, 3.8) is 0 Å². The second-order valence-electron chi connectivity index (χ2n) is 8.20. The first-order valence-corrected chi connectivity index (χ1v) is 11.3. The van der Waals surface area contributed by atoms with Crippen molar-refractivity contribution >= 4 is 23.0 Å².